The number of nitrogens with zero attached hydrogens (tertiary/aromatic N) is 2. The minimum absolute atomic E-state index is 0.194. The highest BCUT2D eigenvalue weighted by atomic mass is 79.9. The predicted molar refractivity (Wildman–Crippen MR) is 460 cm³/mol. The molecule has 0 aliphatic carbocycles. The molecule has 0 saturated heterocycles. The van der Waals surface area contributed by atoms with Crippen LogP contribution in [0.5, 0.6) is 0 Å². The third-order valence-electron chi connectivity index (χ3n) is 22.5. The number of hydrogen-bond donors (Lipinski definition) is 0. The van der Waals surface area contributed by atoms with Crippen molar-refractivity contribution < 1.29 is 16.8 Å². The third kappa shape index (κ3) is 53.9. The number of hydrogen-bond acceptors (Lipinski definition) is 4. The molecule has 0 fully saturated rings. The molecule has 0 heterocycles. The SMILES string of the molecule is CCCCCCCCCCCCCCCCCCCCN(CCCCCCCCCCCCCCCCCCCC)S(=O)(=O)c1cc(Br)ccc1-c1ccc(Br)cc1S(=O)(=O)N(CCCCCCCCCCCCCCCCCCCC)CCCCCCCCCCCCCCCCCCCC. The first-order chi connectivity index (χ1) is 50.0. The summed E-state index contributed by atoms with van der Waals surface area (Å²) in [5.41, 5.74) is 0.928. The normalized spacial score (nSPS) is 12.2. The van der Waals surface area contributed by atoms with Gasteiger partial charge in [0, 0.05) is 46.3 Å². The molecule has 0 aliphatic heterocycles. The van der Waals surface area contributed by atoms with Gasteiger partial charge in [-0.25, -0.2) is 16.8 Å². The fraction of sp³-hybridized carbons (Fsp3) is 0.870. The second-order valence-corrected chi connectivity index (χ2v) is 37.8. The zero-order chi connectivity index (χ0) is 73.6. The Labute approximate surface area is 654 Å². The number of halogens is 2. The van der Waals surface area contributed by atoms with Gasteiger partial charge in [-0.2, -0.15) is 8.61 Å². The van der Waals surface area contributed by atoms with E-state index in [9.17, 15) is 0 Å². The van der Waals surface area contributed by atoms with Crippen LogP contribution in [-0.2, 0) is 20.0 Å². The van der Waals surface area contributed by atoms with Crippen molar-refractivity contribution in [1.82, 2.24) is 8.61 Å². The highest BCUT2D eigenvalue weighted by Crippen LogP contribution is 2.39. The topological polar surface area (TPSA) is 74.8 Å². The summed E-state index contributed by atoms with van der Waals surface area (Å²) < 4.78 is 67.2. The Bertz CT molecular complexity index is 2110. The lowest BCUT2D eigenvalue weighted by Crippen LogP contribution is -2.34. The molecule has 10 heteroatoms. The van der Waals surface area contributed by atoms with E-state index < -0.39 is 20.0 Å². The van der Waals surface area contributed by atoms with Crippen molar-refractivity contribution in [2.45, 2.75) is 500 Å². The average Bonchev–Trinajstić information content (AvgIpc) is 0.757. The quantitative estimate of drug-likeness (QED) is 0.0619. The highest BCUT2D eigenvalue weighted by molar-refractivity contribution is 9.10. The Kier molecular flexibility index (Phi) is 68.5. The van der Waals surface area contributed by atoms with Crippen LogP contribution in [0.15, 0.2) is 55.1 Å². The molecule has 2 rings (SSSR count). The molecule has 0 N–H and O–H groups in total. The second kappa shape index (κ2) is 71.8. The Morgan fingerprint density at radius 1 is 0.206 bits per heavy atom. The summed E-state index contributed by atoms with van der Waals surface area (Å²) in [6, 6.07) is 11.0. The molecule has 0 aromatic heterocycles. The summed E-state index contributed by atoms with van der Waals surface area (Å²) in [7, 11) is -8.08. The van der Waals surface area contributed by atoms with E-state index in [1.54, 1.807) is 20.7 Å². The smallest absolute Gasteiger partial charge is 0.207 e. The first-order valence-electron chi connectivity index (χ1n) is 45.6. The molecular formula is C92H170Br2N2O4S2. The van der Waals surface area contributed by atoms with Crippen molar-refractivity contribution in [3.05, 3.63) is 45.3 Å². The van der Waals surface area contributed by atoms with Gasteiger partial charge in [-0.05, 0) is 49.9 Å². The largest absolute Gasteiger partial charge is 0.243 e. The summed E-state index contributed by atoms with van der Waals surface area (Å²) in [6.07, 6.45) is 93.4. The molecule has 6 nitrogen and oxygen atoms in total. The Morgan fingerprint density at radius 3 is 0.471 bits per heavy atom. The maximum absolute atomic E-state index is 15.6. The van der Waals surface area contributed by atoms with E-state index in [1.165, 1.54) is 385 Å². The van der Waals surface area contributed by atoms with Gasteiger partial charge in [-0.1, -0.05) is 508 Å². The van der Waals surface area contributed by atoms with E-state index in [1.807, 2.05) is 24.3 Å². The standard InChI is InChI=1S/C92H170Br2N2O4S2/c1-5-9-13-17-21-25-29-33-37-41-45-49-53-57-61-65-69-73-81-95(82-74-70-66-62-58-54-50-46-42-38-34-30-26-22-18-14-10-6-2)101(97,98)91-85-87(93)77-79-89(91)90-80-78-88(94)86-92(90)102(99,100)96(83-75-71-67-63-59-55-51-47-43-39-35-31-27-23-19-15-11-7-3)84-76-72-68-64-60-56-52-48-44-40-36-32-28-24-20-16-12-8-4/h77-80,85-86H,5-76,81-84H2,1-4H3. The number of benzene rings is 2. The van der Waals surface area contributed by atoms with E-state index in [2.05, 4.69) is 59.6 Å². The van der Waals surface area contributed by atoms with Gasteiger partial charge in [0.1, 0.15) is 0 Å². The van der Waals surface area contributed by atoms with Crippen LogP contribution in [0, 0.1) is 0 Å². The fourth-order valence-electron chi connectivity index (χ4n) is 15.6. The molecular weight excluding hydrogens is 1420 g/mol. The summed E-state index contributed by atoms with van der Waals surface area (Å²) in [4.78, 5) is 0.387. The average molecular weight is 1590 g/mol. The van der Waals surface area contributed by atoms with E-state index in [0.717, 1.165) is 77.0 Å². The van der Waals surface area contributed by atoms with Gasteiger partial charge in [0.25, 0.3) is 0 Å². The maximum atomic E-state index is 15.6. The molecule has 0 bridgehead atoms. The van der Waals surface area contributed by atoms with E-state index in [-0.39, 0.29) is 9.79 Å². The van der Waals surface area contributed by atoms with Crippen molar-refractivity contribution >= 4 is 51.9 Å². The van der Waals surface area contributed by atoms with Crippen LogP contribution in [0.1, 0.15) is 490 Å². The summed E-state index contributed by atoms with van der Waals surface area (Å²) in [5, 5.41) is 0. The van der Waals surface area contributed by atoms with Gasteiger partial charge in [0.15, 0.2) is 0 Å². The molecule has 0 radical (unpaired) electrons. The minimum atomic E-state index is -4.04. The maximum Gasteiger partial charge on any atom is 0.243 e. The van der Waals surface area contributed by atoms with Crippen LogP contribution >= 0.6 is 31.9 Å². The molecule has 102 heavy (non-hydrogen) atoms. The van der Waals surface area contributed by atoms with Crippen LogP contribution in [0.4, 0.5) is 0 Å². The number of sulfonamides is 2. The predicted octanol–water partition coefficient (Wildman–Crippen LogP) is 33.0. The van der Waals surface area contributed by atoms with Crippen molar-refractivity contribution in [3.8, 4) is 11.1 Å². The van der Waals surface area contributed by atoms with Crippen LogP contribution in [0.25, 0.3) is 11.1 Å². The Balaban J connectivity index is 2.18. The highest BCUT2D eigenvalue weighted by Gasteiger charge is 2.32. The number of rotatable bonds is 81. The van der Waals surface area contributed by atoms with Gasteiger partial charge in [-0.15, -0.1) is 0 Å². The Hall–Kier alpha value is -0.780. The van der Waals surface area contributed by atoms with Crippen LogP contribution < -0.4 is 0 Å². The lowest BCUT2D eigenvalue weighted by Gasteiger charge is -2.26. The monoisotopic (exact) mass is 1590 g/mol. The molecule has 0 aliphatic rings. The molecule has 0 amide bonds. The van der Waals surface area contributed by atoms with Crippen molar-refractivity contribution in [1.29, 1.82) is 0 Å². The zero-order valence-electron chi connectivity index (χ0n) is 68.3. The van der Waals surface area contributed by atoms with E-state index in [0.29, 0.717) is 46.3 Å². The van der Waals surface area contributed by atoms with Crippen LogP contribution in [-0.4, -0.2) is 51.6 Å². The van der Waals surface area contributed by atoms with Crippen molar-refractivity contribution in [2.75, 3.05) is 26.2 Å². The fourth-order valence-corrected chi connectivity index (χ4v) is 20.1. The zero-order valence-corrected chi connectivity index (χ0v) is 73.1. The third-order valence-corrected chi connectivity index (χ3v) is 27.3. The van der Waals surface area contributed by atoms with Gasteiger partial charge >= 0.3 is 0 Å². The Morgan fingerprint density at radius 2 is 0.333 bits per heavy atom. The van der Waals surface area contributed by atoms with Gasteiger partial charge in [0.05, 0.1) is 9.79 Å². The van der Waals surface area contributed by atoms with Gasteiger partial charge in [-0.3, -0.25) is 0 Å². The molecule has 0 unspecified atom stereocenters. The molecule has 2 aromatic rings. The molecule has 0 atom stereocenters. The van der Waals surface area contributed by atoms with E-state index >= 15 is 16.8 Å². The van der Waals surface area contributed by atoms with Crippen LogP contribution in [0.2, 0.25) is 0 Å². The molecule has 598 valence electrons. The number of unbranched alkanes of at least 4 members (excludes halogenated alkanes) is 68. The van der Waals surface area contributed by atoms with Gasteiger partial charge < -0.3 is 0 Å². The lowest BCUT2D eigenvalue weighted by atomic mass is 10.0. The van der Waals surface area contributed by atoms with Crippen molar-refractivity contribution in [3.63, 3.8) is 0 Å². The lowest BCUT2D eigenvalue weighted by molar-refractivity contribution is 0.382. The molecule has 2 aromatic carbocycles. The summed E-state index contributed by atoms with van der Waals surface area (Å²) >= 11 is 7.41. The molecule has 0 saturated carbocycles. The first kappa shape index (κ1) is 97.3. The minimum Gasteiger partial charge on any atom is -0.207 e. The van der Waals surface area contributed by atoms with Crippen molar-refractivity contribution in [2.24, 2.45) is 0 Å². The first-order valence-corrected chi connectivity index (χ1v) is 50.1. The summed E-state index contributed by atoms with van der Waals surface area (Å²) in [5.74, 6) is 0. The second-order valence-electron chi connectivity index (χ2n) is 32.1. The summed E-state index contributed by atoms with van der Waals surface area (Å²) in [6.45, 7) is 11.1. The molecule has 0 spiro atoms. The van der Waals surface area contributed by atoms with Gasteiger partial charge in [0.2, 0.25) is 20.0 Å². The van der Waals surface area contributed by atoms with E-state index in [4.69, 9.17) is 0 Å². The van der Waals surface area contributed by atoms with Crippen LogP contribution in [0.3, 0.4) is 0 Å².